The maximum absolute atomic E-state index is 14.4. The first-order valence-electron chi connectivity index (χ1n) is 7.62. The number of thioether (sulfide) groups is 1. The summed E-state index contributed by atoms with van der Waals surface area (Å²) in [6.45, 7) is 0. The predicted octanol–water partition coefficient (Wildman–Crippen LogP) is 5.18. The fourth-order valence-corrected chi connectivity index (χ4v) is 3.35. The molecule has 0 saturated heterocycles. The summed E-state index contributed by atoms with van der Waals surface area (Å²) in [4.78, 5) is 15.1. The molecule has 0 radical (unpaired) electrons. The molecule has 1 unspecified atom stereocenters. The van der Waals surface area contributed by atoms with Crippen LogP contribution in [0.25, 0.3) is 10.9 Å². The Morgan fingerprint density at radius 2 is 1.72 bits per heavy atom. The molecule has 4 nitrogen and oxygen atoms in total. The zero-order valence-corrected chi connectivity index (χ0v) is 15.1. The van der Waals surface area contributed by atoms with Crippen molar-refractivity contribution in [3.8, 4) is 0 Å². The van der Waals surface area contributed by atoms with Gasteiger partial charge >= 0.3 is 30.3 Å². The number of halogens is 8. The number of methoxy groups -OCH3 is 1. The van der Waals surface area contributed by atoms with Crippen LogP contribution in [0, 0.1) is 0 Å². The van der Waals surface area contributed by atoms with Gasteiger partial charge in [0.05, 0.1) is 12.6 Å². The Labute approximate surface area is 162 Å². The zero-order chi connectivity index (χ0) is 22.0. The van der Waals surface area contributed by atoms with Gasteiger partial charge in [-0.3, -0.25) is 4.98 Å². The lowest BCUT2D eigenvalue weighted by molar-refractivity contribution is -0.338. The third kappa shape index (κ3) is 4.19. The summed E-state index contributed by atoms with van der Waals surface area (Å²) in [5, 5.41) is -1.60. The lowest BCUT2D eigenvalue weighted by Gasteiger charge is -2.36. The molecule has 0 aliphatic heterocycles. The van der Waals surface area contributed by atoms with Gasteiger partial charge in [-0.15, -0.1) is 0 Å². The van der Waals surface area contributed by atoms with Crippen LogP contribution in [-0.2, 0) is 4.74 Å². The minimum absolute atomic E-state index is 0.137. The van der Waals surface area contributed by atoms with E-state index in [0.29, 0.717) is 7.11 Å². The molecule has 0 bridgehead atoms. The highest BCUT2D eigenvalue weighted by atomic mass is 32.2. The number of carbonyl (C=O) groups excluding carboxylic acids is 1. The molecule has 1 N–H and O–H groups in total. The van der Waals surface area contributed by atoms with Crippen LogP contribution in [0.1, 0.15) is 0 Å². The van der Waals surface area contributed by atoms with Crippen LogP contribution >= 0.6 is 11.8 Å². The second-order valence-electron chi connectivity index (χ2n) is 5.58. The Morgan fingerprint density at radius 3 is 2.31 bits per heavy atom. The number of hydrogen-bond acceptors (Lipinski definition) is 4. The van der Waals surface area contributed by atoms with Crippen molar-refractivity contribution in [1.29, 1.82) is 0 Å². The quantitative estimate of drug-likeness (QED) is 0.360. The molecule has 1 amide bonds. The third-order valence-corrected chi connectivity index (χ3v) is 4.98. The number of fused-ring (bicyclic) bond motifs is 1. The van der Waals surface area contributed by atoms with E-state index in [-0.39, 0.29) is 27.6 Å². The van der Waals surface area contributed by atoms with E-state index in [9.17, 15) is 39.9 Å². The summed E-state index contributed by atoms with van der Waals surface area (Å²) < 4.78 is 112. The smallest absolute Gasteiger partial charge is 0.407 e. The van der Waals surface area contributed by atoms with Gasteiger partial charge in [0, 0.05) is 16.5 Å². The summed E-state index contributed by atoms with van der Waals surface area (Å²) in [5.74, 6) is -18.7. The van der Waals surface area contributed by atoms with Gasteiger partial charge in [-0.1, -0.05) is 23.9 Å². The summed E-state index contributed by atoms with van der Waals surface area (Å²) in [6.07, 6.45) is -5.38. The molecule has 0 aliphatic carbocycles. The van der Waals surface area contributed by atoms with Crippen LogP contribution in [0.15, 0.2) is 41.4 Å². The van der Waals surface area contributed by atoms with Crippen molar-refractivity contribution in [3.63, 3.8) is 0 Å². The Hall–Kier alpha value is -2.31. The van der Waals surface area contributed by atoms with Crippen LogP contribution in [0.3, 0.4) is 0 Å². The molecule has 0 saturated carbocycles. The molecule has 13 heteroatoms. The van der Waals surface area contributed by atoms with Crippen molar-refractivity contribution in [3.05, 3.63) is 36.5 Å². The standard InChI is InChI=1S/C16H12F8N2O2S/c1-28-13(27)26-12(15(21,22)16(23,24)14(19,20)11(17)18)29-10-6-2-5-9-8(10)4-3-7-25-9/h2-7,11-12H,1H3,(H,26,27). The van der Waals surface area contributed by atoms with Gasteiger partial charge in [-0.05, 0) is 18.2 Å². The van der Waals surface area contributed by atoms with Crippen molar-refractivity contribution < 1.29 is 44.7 Å². The molecule has 1 atom stereocenters. The Bertz CT molecular complexity index is 876. The number of nitrogens with zero attached hydrogens (tertiary/aromatic N) is 1. The predicted molar refractivity (Wildman–Crippen MR) is 87.8 cm³/mol. The number of alkyl halides is 8. The molecule has 1 aromatic carbocycles. The monoisotopic (exact) mass is 448 g/mol. The minimum atomic E-state index is -6.50. The van der Waals surface area contributed by atoms with Crippen LogP contribution < -0.4 is 5.32 Å². The van der Waals surface area contributed by atoms with E-state index in [1.807, 2.05) is 0 Å². The van der Waals surface area contributed by atoms with Gasteiger partial charge < -0.3 is 10.1 Å². The van der Waals surface area contributed by atoms with E-state index in [2.05, 4.69) is 9.72 Å². The van der Waals surface area contributed by atoms with Crippen molar-refractivity contribution in [2.45, 2.75) is 34.5 Å². The van der Waals surface area contributed by atoms with E-state index in [1.165, 1.54) is 41.8 Å². The molecule has 2 rings (SSSR count). The molecular weight excluding hydrogens is 436 g/mol. The van der Waals surface area contributed by atoms with Gasteiger partial charge in [0.15, 0.2) is 5.37 Å². The van der Waals surface area contributed by atoms with Crippen molar-refractivity contribution in [2.75, 3.05) is 7.11 Å². The van der Waals surface area contributed by atoms with E-state index in [0.717, 1.165) is 0 Å². The maximum Gasteiger partial charge on any atom is 0.407 e. The lowest BCUT2D eigenvalue weighted by atomic mass is 10.0. The first kappa shape index (κ1) is 23.0. The maximum atomic E-state index is 14.4. The Kier molecular flexibility index (Phi) is 6.50. The summed E-state index contributed by atoms with van der Waals surface area (Å²) in [7, 11) is 0.711. The highest BCUT2D eigenvalue weighted by Gasteiger charge is 2.77. The number of ether oxygens (including phenoxy) is 1. The number of alkyl carbamates (subject to hydrolysis) is 1. The summed E-state index contributed by atoms with van der Waals surface area (Å²) in [6, 6.07) is 6.73. The average molecular weight is 448 g/mol. The van der Waals surface area contributed by atoms with Gasteiger partial charge in [-0.2, -0.15) is 26.3 Å². The Morgan fingerprint density at radius 1 is 1.07 bits per heavy atom. The van der Waals surface area contributed by atoms with Gasteiger partial charge in [0.1, 0.15) is 0 Å². The lowest BCUT2D eigenvalue weighted by Crippen LogP contribution is -2.64. The van der Waals surface area contributed by atoms with Crippen molar-refractivity contribution in [2.24, 2.45) is 0 Å². The molecule has 2 aromatic rings. The second kappa shape index (κ2) is 8.20. The van der Waals surface area contributed by atoms with Crippen LogP contribution in [0.2, 0.25) is 0 Å². The Balaban J connectivity index is 2.53. The number of aromatic nitrogens is 1. The van der Waals surface area contributed by atoms with Gasteiger partial charge in [0.2, 0.25) is 0 Å². The molecule has 160 valence electrons. The number of carbonyl (C=O) groups is 1. The number of hydrogen-bond donors (Lipinski definition) is 1. The molecule has 1 aromatic heterocycles. The molecule has 0 aliphatic rings. The van der Waals surface area contributed by atoms with Crippen LogP contribution in [0.5, 0.6) is 0 Å². The molecule has 1 heterocycles. The van der Waals surface area contributed by atoms with Gasteiger partial charge in [-0.25, -0.2) is 13.6 Å². The minimum Gasteiger partial charge on any atom is -0.453 e. The van der Waals surface area contributed by atoms with E-state index in [4.69, 9.17) is 0 Å². The normalized spacial score (nSPS) is 14.1. The van der Waals surface area contributed by atoms with E-state index >= 15 is 0 Å². The summed E-state index contributed by atoms with van der Waals surface area (Å²) >= 11 is -0.137. The highest BCUT2D eigenvalue weighted by molar-refractivity contribution is 8.00. The van der Waals surface area contributed by atoms with Gasteiger partial charge in [0.25, 0.3) is 0 Å². The molecule has 29 heavy (non-hydrogen) atoms. The fourth-order valence-electron chi connectivity index (χ4n) is 2.19. The SMILES string of the molecule is COC(=O)NC(Sc1cccc2ncccc12)C(F)(F)C(F)(F)C(F)(F)C(F)F. The van der Waals surface area contributed by atoms with E-state index < -0.39 is 35.7 Å². The fraction of sp³-hybridized carbons (Fsp3) is 0.375. The van der Waals surface area contributed by atoms with Crippen LogP contribution in [0.4, 0.5) is 39.9 Å². The first-order valence-corrected chi connectivity index (χ1v) is 8.50. The average Bonchev–Trinajstić information content (AvgIpc) is 2.67. The van der Waals surface area contributed by atoms with E-state index in [1.54, 1.807) is 0 Å². The first-order chi connectivity index (χ1) is 13.4. The zero-order valence-electron chi connectivity index (χ0n) is 14.3. The second-order valence-corrected chi connectivity index (χ2v) is 6.73. The number of amides is 1. The number of nitrogens with one attached hydrogen (secondary N) is 1. The number of benzene rings is 1. The number of pyridine rings is 1. The van der Waals surface area contributed by atoms with Crippen molar-refractivity contribution in [1.82, 2.24) is 10.3 Å². The molecule has 0 fully saturated rings. The molecular formula is C16H12F8N2O2S. The molecule has 0 spiro atoms. The van der Waals surface area contributed by atoms with Crippen LogP contribution in [-0.4, -0.2) is 47.8 Å². The third-order valence-electron chi connectivity index (χ3n) is 3.73. The highest BCUT2D eigenvalue weighted by Crippen LogP contribution is 2.52. The topological polar surface area (TPSA) is 51.2 Å². The summed E-state index contributed by atoms with van der Waals surface area (Å²) in [5.41, 5.74) is 0.252. The van der Waals surface area contributed by atoms with Crippen molar-refractivity contribution >= 4 is 28.8 Å². The number of rotatable bonds is 7. The largest absolute Gasteiger partial charge is 0.453 e.